The van der Waals surface area contributed by atoms with E-state index in [2.05, 4.69) is 21.0 Å². The summed E-state index contributed by atoms with van der Waals surface area (Å²) < 4.78 is 7.93. The highest BCUT2D eigenvalue weighted by Gasteiger charge is 2.08. The van der Waals surface area contributed by atoms with Crippen molar-refractivity contribution >= 4 is 27.5 Å². The molecule has 4 nitrogen and oxygen atoms in total. The van der Waals surface area contributed by atoms with Crippen LogP contribution < -0.4 is 4.74 Å². The van der Waals surface area contributed by atoms with Crippen molar-refractivity contribution in [3.8, 4) is 5.75 Å². The lowest BCUT2D eigenvalue weighted by Gasteiger charge is -2.13. The SMILES string of the molecule is O[C@@H](COc1ccc(Cl)cc1Br)Cn1cccn1. The van der Waals surface area contributed by atoms with Crippen LogP contribution in [0.1, 0.15) is 0 Å². The van der Waals surface area contributed by atoms with E-state index in [1.54, 1.807) is 35.3 Å². The Balaban J connectivity index is 1.87. The molecule has 1 N–H and O–H groups in total. The normalized spacial score (nSPS) is 12.4. The Kier molecular flexibility index (Phi) is 4.63. The van der Waals surface area contributed by atoms with Crippen molar-refractivity contribution in [3.05, 3.63) is 46.2 Å². The van der Waals surface area contributed by atoms with E-state index in [-0.39, 0.29) is 6.61 Å². The van der Waals surface area contributed by atoms with Gasteiger partial charge < -0.3 is 9.84 Å². The lowest BCUT2D eigenvalue weighted by atomic mass is 10.3. The van der Waals surface area contributed by atoms with Gasteiger partial charge in [-0.05, 0) is 40.2 Å². The number of rotatable bonds is 5. The maximum Gasteiger partial charge on any atom is 0.133 e. The number of hydrogen-bond donors (Lipinski definition) is 1. The van der Waals surface area contributed by atoms with Crippen molar-refractivity contribution in [1.82, 2.24) is 9.78 Å². The fourth-order valence-electron chi connectivity index (χ4n) is 1.46. The zero-order valence-electron chi connectivity index (χ0n) is 9.46. The molecule has 0 amide bonds. The Morgan fingerprint density at radius 1 is 1.50 bits per heavy atom. The van der Waals surface area contributed by atoms with Gasteiger partial charge in [-0.2, -0.15) is 5.10 Å². The molecule has 1 heterocycles. The minimum absolute atomic E-state index is 0.195. The Labute approximate surface area is 118 Å². The summed E-state index contributed by atoms with van der Waals surface area (Å²) in [6.07, 6.45) is 2.85. The average Bonchev–Trinajstić information content (AvgIpc) is 2.80. The Bertz CT molecular complexity index is 505. The van der Waals surface area contributed by atoms with Crippen LogP contribution in [0.2, 0.25) is 5.02 Å². The van der Waals surface area contributed by atoms with Gasteiger partial charge in [-0.15, -0.1) is 0 Å². The van der Waals surface area contributed by atoms with Gasteiger partial charge >= 0.3 is 0 Å². The predicted molar refractivity (Wildman–Crippen MR) is 72.9 cm³/mol. The molecule has 2 rings (SSSR count). The van der Waals surface area contributed by atoms with Gasteiger partial charge in [0, 0.05) is 17.4 Å². The molecule has 0 spiro atoms. The largest absolute Gasteiger partial charge is 0.490 e. The molecule has 0 saturated carbocycles. The summed E-state index contributed by atoms with van der Waals surface area (Å²) >= 11 is 9.18. The molecule has 1 aromatic carbocycles. The van der Waals surface area contributed by atoms with E-state index < -0.39 is 6.10 Å². The fourth-order valence-corrected chi connectivity index (χ4v) is 2.25. The summed E-state index contributed by atoms with van der Waals surface area (Å²) in [4.78, 5) is 0. The molecule has 18 heavy (non-hydrogen) atoms. The summed E-state index contributed by atoms with van der Waals surface area (Å²) in [5.74, 6) is 0.652. The first-order valence-corrected chi connectivity index (χ1v) is 6.55. The van der Waals surface area contributed by atoms with Crippen LogP contribution in [0.4, 0.5) is 0 Å². The van der Waals surface area contributed by atoms with Crippen LogP contribution in [0.15, 0.2) is 41.1 Å². The van der Waals surface area contributed by atoms with Gasteiger partial charge in [0.15, 0.2) is 0 Å². The van der Waals surface area contributed by atoms with Gasteiger partial charge in [0.05, 0.1) is 11.0 Å². The molecule has 0 fully saturated rings. The monoisotopic (exact) mass is 330 g/mol. The third kappa shape index (κ3) is 3.73. The molecule has 0 bridgehead atoms. The van der Waals surface area contributed by atoms with Gasteiger partial charge in [-0.1, -0.05) is 11.6 Å². The van der Waals surface area contributed by atoms with E-state index in [1.165, 1.54) is 0 Å². The summed E-state index contributed by atoms with van der Waals surface area (Å²) in [5.41, 5.74) is 0. The van der Waals surface area contributed by atoms with E-state index in [0.717, 1.165) is 4.47 Å². The van der Waals surface area contributed by atoms with Crippen molar-refractivity contribution in [2.24, 2.45) is 0 Å². The smallest absolute Gasteiger partial charge is 0.133 e. The predicted octanol–water partition coefficient (Wildman–Crippen LogP) is 2.74. The molecule has 1 aromatic heterocycles. The number of halogens is 2. The van der Waals surface area contributed by atoms with Gasteiger partial charge in [0.1, 0.15) is 18.5 Å². The first-order chi connectivity index (χ1) is 8.65. The number of aliphatic hydroxyl groups excluding tert-OH is 1. The Morgan fingerprint density at radius 3 is 3.00 bits per heavy atom. The van der Waals surface area contributed by atoms with Crippen molar-refractivity contribution in [3.63, 3.8) is 0 Å². The quantitative estimate of drug-likeness (QED) is 0.916. The van der Waals surface area contributed by atoms with Crippen LogP contribution in [0, 0.1) is 0 Å². The molecule has 0 unspecified atom stereocenters. The molecule has 2 aromatic rings. The molecule has 1 atom stereocenters. The van der Waals surface area contributed by atoms with Crippen molar-refractivity contribution < 1.29 is 9.84 Å². The Hall–Kier alpha value is -1.04. The van der Waals surface area contributed by atoms with Gasteiger partial charge in [-0.3, -0.25) is 4.68 Å². The van der Waals surface area contributed by atoms with Gasteiger partial charge in [0.25, 0.3) is 0 Å². The summed E-state index contributed by atoms with van der Waals surface area (Å²) in [6, 6.07) is 7.05. The number of benzene rings is 1. The van der Waals surface area contributed by atoms with Crippen LogP contribution in [-0.4, -0.2) is 27.6 Å². The van der Waals surface area contributed by atoms with Crippen LogP contribution in [0.3, 0.4) is 0 Å². The standard InChI is InChI=1S/C12H12BrClN2O2/c13-11-6-9(14)2-3-12(11)18-8-10(17)7-16-5-1-4-15-16/h1-6,10,17H,7-8H2/t10-/m1/s1. The van der Waals surface area contributed by atoms with E-state index in [1.807, 2.05) is 6.07 Å². The van der Waals surface area contributed by atoms with E-state index in [9.17, 15) is 5.11 Å². The molecule has 6 heteroatoms. The van der Waals surface area contributed by atoms with E-state index in [4.69, 9.17) is 16.3 Å². The molecule has 0 radical (unpaired) electrons. The van der Waals surface area contributed by atoms with Crippen molar-refractivity contribution in [2.75, 3.05) is 6.61 Å². The van der Waals surface area contributed by atoms with Gasteiger partial charge in [0.2, 0.25) is 0 Å². The minimum Gasteiger partial charge on any atom is -0.490 e. The highest BCUT2D eigenvalue weighted by Crippen LogP contribution is 2.27. The number of aliphatic hydroxyl groups is 1. The molecular weight excluding hydrogens is 320 g/mol. The zero-order chi connectivity index (χ0) is 13.0. The van der Waals surface area contributed by atoms with Gasteiger partial charge in [-0.25, -0.2) is 0 Å². The zero-order valence-corrected chi connectivity index (χ0v) is 11.8. The summed E-state index contributed by atoms with van der Waals surface area (Å²) in [6.45, 7) is 0.596. The molecule has 0 aliphatic rings. The average molecular weight is 332 g/mol. The fraction of sp³-hybridized carbons (Fsp3) is 0.250. The number of aromatic nitrogens is 2. The molecular formula is C12H12BrClN2O2. The number of nitrogens with zero attached hydrogens (tertiary/aromatic N) is 2. The van der Waals surface area contributed by atoms with E-state index in [0.29, 0.717) is 17.3 Å². The lowest BCUT2D eigenvalue weighted by Crippen LogP contribution is -2.23. The number of ether oxygens (including phenoxy) is 1. The maximum atomic E-state index is 9.80. The van der Waals surface area contributed by atoms with Crippen molar-refractivity contribution in [1.29, 1.82) is 0 Å². The highest BCUT2D eigenvalue weighted by molar-refractivity contribution is 9.10. The molecule has 96 valence electrons. The third-order valence-corrected chi connectivity index (χ3v) is 3.14. The highest BCUT2D eigenvalue weighted by atomic mass is 79.9. The molecule has 0 saturated heterocycles. The summed E-state index contributed by atoms with van der Waals surface area (Å²) in [7, 11) is 0. The lowest BCUT2D eigenvalue weighted by molar-refractivity contribution is 0.0890. The first-order valence-electron chi connectivity index (χ1n) is 5.38. The van der Waals surface area contributed by atoms with Crippen LogP contribution in [0.5, 0.6) is 5.75 Å². The topological polar surface area (TPSA) is 47.3 Å². The molecule has 0 aliphatic heterocycles. The second-order valence-corrected chi connectivity index (χ2v) is 5.06. The Morgan fingerprint density at radius 2 is 2.33 bits per heavy atom. The van der Waals surface area contributed by atoms with E-state index >= 15 is 0 Å². The second-order valence-electron chi connectivity index (χ2n) is 3.77. The third-order valence-electron chi connectivity index (χ3n) is 2.28. The van der Waals surface area contributed by atoms with Crippen LogP contribution in [0.25, 0.3) is 0 Å². The van der Waals surface area contributed by atoms with Crippen LogP contribution in [-0.2, 0) is 6.54 Å². The first kappa shape index (κ1) is 13.4. The second kappa shape index (κ2) is 6.22. The molecule has 0 aliphatic carbocycles. The number of hydrogen-bond acceptors (Lipinski definition) is 3. The maximum absolute atomic E-state index is 9.80. The van der Waals surface area contributed by atoms with Crippen molar-refractivity contribution in [2.45, 2.75) is 12.6 Å². The minimum atomic E-state index is -0.618. The summed E-state index contributed by atoms with van der Waals surface area (Å²) in [5, 5.41) is 14.4. The van der Waals surface area contributed by atoms with Crippen LogP contribution >= 0.6 is 27.5 Å².